The second-order valence-electron chi connectivity index (χ2n) is 4.71. The van der Waals surface area contributed by atoms with Gasteiger partial charge in [-0.1, -0.05) is 18.2 Å². The molecule has 0 fully saturated rings. The lowest BCUT2D eigenvalue weighted by Crippen LogP contribution is -2.04. The summed E-state index contributed by atoms with van der Waals surface area (Å²) in [6.07, 6.45) is 2.59. The van der Waals surface area contributed by atoms with Gasteiger partial charge in [-0.15, -0.1) is 0 Å². The molecule has 4 heteroatoms. The van der Waals surface area contributed by atoms with Gasteiger partial charge in [-0.3, -0.25) is 4.68 Å². The van der Waals surface area contributed by atoms with E-state index in [4.69, 9.17) is 10.2 Å². The largest absolute Gasteiger partial charge is 0.464 e. The number of aromatic nitrogens is 2. The van der Waals surface area contributed by atoms with Crippen molar-refractivity contribution in [3.8, 4) is 11.1 Å². The SMILES string of the molecule is Cc1c(-c2coc3ccccc23)c(CCN)nn1C. The molecule has 0 unspecified atom stereocenters. The quantitative estimate of drug-likeness (QED) is 0.782. The van der Waals surface area contributed by atoms with E-state index in [2.05, 4.69) is 18.1 Å². The van der Waals surface area contributed by atoms with Crippen molar-refractivity contribution in [2.24, 2.45) is 12.8 Å². The van der Waals surface area contributed by atoms with Crippen LogP contribution < -0.4 is 5.73 Å². The van der Waals surface area contributed by atoms with E-state index in [-0.39, 0.29) is 0 Å². The van der Waals surface area contributed by atoms with Gasteiger partial charge in [-0.2, -0.15) is 5.10 Å². The van der Waals surface area contributed by atoms with Crippen LogP contribution in [0.1, 0.15) is 11.4 Å². The van der Waals surface area contributed by atoms with E-state index >= 15 is 0 Å². The maximum Gasteiger partial charge on any atom is 0.134 e. The zero-order valence-electron chi connectivity index (χ0n) is 11.2. The van der Waals surface area contributed by atoms with Crippen LogP contribution >= 0.6 is 0 Å². The summed E-state index contributed by atoms with van der Waals surface area (Å²) in [7, 11) is 1.96. The number of rotatable bonds is 3. The molecule has 0 atom stereocenters. The van der Waals surface area contributed by atoms with Crippen molar-refractivity contribution in [2.75, 3.05) is 6.54 Å². The number of hydrogen-bond acceptors (Lipinski definition) is 3. The monoisotopic (exact) mass is 255 g/mol. The summed E-state index contributed by atoms with van der Waals surface area (Å²) in [4.78, 5) is 0. The molecule has 3 aromatic rings. The molecule has 0 bridgehead atoms. The number of furan rings is 1. The molecule has 0 saturated carbocycles. The fourth-order valence-electron chi connectivity index (χ4n) is 2.51. The number of para-hydroxylation sites is 1. The smallest absolute Gasteiger partial charge is 0.134 e. The molecule has 0 radical (unpaired) electrons. The molecule has 0 saturated heterocycles. The Morgan fingerprint density at radius 1 is 1.32 bits per heavy atom. The summed E-state index contributed by atoms with van der Waals surface area (Å²) < 4.78 is 7.54. The molecular formula is C15H17N3O. The van der Waals surface area contributed by atoms with Crippen LogP contribution in [0.15, 0.2) is 34.9 Å². The Morgan fingerprint density at radius 3 is 2.89 bits per heavy atom. The van der Waals surface area contributed by atoms with Crippen molar-refractivity contribution >= 4 is 11.0 Å². The van der Waals surface area contributed by atoms with Crippen LogP contribution in [0.2, 0.25) is 0 Å². The van der Waals surface area contributed by atoms with Crippen molar-refractivity contribution in [2.45, 2.75) is 13.3 Å². The van der Waals surface area contributed by atoms with E-state index in [1.165, 1.54) is 0 Å². The highest BCUT2D eigenvalue weighted by atomic mass is 16.3. The van der Waals surface area contributed by atoms with E-state index in [0.29, 0.717) is 6.54 Å². The normalized spacial score (nSPS) is 11.3. The second kappa shape index (κ2) is 4.55. The van der Waals surface area contributed by atoms with Crippen molar-refractivity contribution in [3.63, 3.8) is 0 Å². The molecule has 19 heavy (non-hydrogen) atoms. The lowest BCUT2D eigenvalue weighted by molar-refractivity contribution is 0.617. The Kier molecular flexibility index (Phi) is 2.87. The van der Waals surface area contributed by atoms with Gasteiger partial charge >= 0.3 is 0 Å². The summed E-state index contributed by atoms with van der Waals surface area (Å²) in [5.41, 5.74) is 11.0. The molecule has 0 amide bonds. The predicted octanol–water partition coefficient (Wildman–Crippen LogP) is 2.64. The fourth-order valence-corrected chi connectivity index (χ4v) is 2.51. The number of fused-ring (bicyclic) bond motifs is 1. The summed E-state index contributed by atoms with van der Waals surface area (Å²) in [5.74, 6) is 0. The Balaban J connectivity index is 2.26. The number of nitrogens with two attached hydrogens (primary N) is 1. The standard InChI is InChI=1S/C15H17N3O/c1-10-15(13(7-8-16)17-18(10)2)12-9-19-14-6-4-3-5-11(12)14/h3-6,9H,7-8,16H2,1-2H3. The maximum absolute atomic E-state index is 5.68. The Bertz CT molecular complexity index is 724. The number of nitrogens with zero attached hydrogens (tertiary/aromatic N) is 2. The highest BCUT2D eigenvalue weighted by Gasteiger charge is 2.18. The van der Waals surface area contributed by atoms with Crippen molar-refractivity contribution in [3.05, 3.63) is 41.9 Å². The number of hydrogen-bond donors (Lipinski definition) is 1. The minimum Gasteiger partial charge on any atom is -0.464 e. The first-order valence-electron chi connectivity index (χ1n) is 6.41. The minimum absolute atomic E-state index is 0.596. The molecule has 0 aliphatic carbocycles. The van der Waals surface area contributed by atoms with Gasteiger partial charge in [0.1, 0.15) is 5.58 Å². The van der Waals surface area contributed by atoms with Gasteiger partial charge in [0.2, 0.25) is 0 Å². The van der Waals surface area contributed by atoms with Crippen LogP contribution in [0.4, 0.5) is 0 Å². The molecule has 3 rings (SSSR count). The molecular weight excluding hydrogens is 238 g/mol. The van der Waals surface area contributed by atoms with E-state index in [9.17, 15) is 0 Å². The summed E-state index contributed by atoms with van der Waals surface area (Å²) >= 11 is 0. The van der Waals surface area contributed by atoms with Gasteiger partial charge in [-0.05, 0) is 19.5 Å². The van der Waals surface area contributed by atoms with Crippen molar-refractivity contribution < 1.29 is 4.42 Å². The molecule has 4 nitrogen and oxygen atoms in total. The van der Waals surface area contributed by atoms with Crippen LogP contribution in [0.3, 0.4) is 0 Å². The molecule has 1 aromatic carbocycles. The number of benzene rings is 1. The van der Waals surface area contributed by atoms with Crippen LogP contribution in [-0.4, -0.2) is 16.3 Å². The first-order valence-corrected chi connectivity index (χ1v) is 6.41. The van der Waals surface area contributed by atoms with Crippen LogP contribution in [-0.2, 0) is 13.5 Å². The Labute approximate surface area is 111 Å². The third-order valence-electron chi connectivity index (χ3n) is 3.54. The molecule has 2 heterocycles. The van der Waals surface area contributed by atoms with Gasteiger partial charge in [-0.25, -0.2) is 0 Å². The van der Waals surface area contributed by atoms with Crippen LogP contribution in [0.5, 0.6) is 0 Å². The van der Waals surface area contributed by atoms with E-state index in [0.717, 1.165) is 39.9 Å². The van der Waals surface area contributed by atoms with Crippen molar-refractivity contribution in [1.29, 1.82) is 0 Å². The highest BCUT2D eigenvalue weighted by molar-refractivity contribution is 5.95. The topological polar surface area (TPSA) is 57.0 Å². The molecule has 0 aliphatic rings. The molecule has 2 aromatic heterocycles. The van der Waals surface area contributed by atoms with Gasteiger partial charge in [0.15, 0.2) is 0 Å². The lowest BCUT2D eigenvalue weighted by atomic mass is 10.0. The molecule has 0 spiro atoms. The van der Waals surface area contributed by atoms with Gasteiger partial charge in [0.05, 0.1) is 12.0 Å². The fraction of sp³-hybridized carbons (Fsp3) is 0.267. The van der Waals surface area contributed by atoms with E-state index in [1.54, 1.807) is 0 Å². The molecule has 98 valence electrons. The van der Waals surface area contributed by atoms with Gasteiger partial charge in [0, 0.05) is 35.7 Å². The average molecular weight is 255 g/mol. The minimum atomic E-state index is 0.596. The Hall–Kier alpha value is -2.07. The third-order valence-corrected chi connectivity index (χ3v) is 3.54. The zero-order chi connectivity index (χ0) is 13.4. The Morgan fingerprint density at radius 2 is 2.11 bits per heavy atom. The zero-order valence-corrected chi connectivity index (χ0v) is 11.2. The number of aryl methyl sites for hydroxylation is 1. The summed E-state index contributed by atoms with van der Waals surface area (Å²) in [6, 6.07) is 8.06. The average Bonchev–Trinajstić information content (AvgIpc) is 2.93. The summed E-state index contributed by atoms with van der Waals surface area (Å²) in [5, 5.41) is 5.68. The lowest BCUT2D eigenvalue weighted by Gasteiger charge is -2.01. The van der Waals surface area contributed by atoms with E-state index in [1.807, 2.05) is 36.2 Å². The summed E-state index contributed by atoms with van der Waals surface area (Å²) in [6.45, 7) is 2.67. The second-order valence-corrected chi connectivity index (χ2v) is 4.71. The maximum atomic E-state index is 5.68. The highest BCUT2D eigenvalue weighted by Crippen LogP contribution is 2.34. The first kappa shape index (κ1) is 12.0. The van der Waals surface area contributed by atoms with E-state index < -0.39 is 0 Å². The third kappa shape index (κ3) is 1.85. The van der Waals surface area contributed by atoms with Crippen LogP contribution in [0.25, 0.3) is 22.1 Å². The molecule has 2 N–H and O–H groups in total. The van der Waals surface area contributed by atoms with Gasteiger partial charge in [0.25, 0.3) is 0 Å². The predicted molar refractivity (Wildman–Crippen MR) is 75.9 cm³/mol. The van der Waals surface area contributed by atoms with Crippen LogP contribution in [0, 0.1) is 6.92 Å². The van der Waals surface area contributed by atoms with Crippen molar-refractivity contribution in [1.82, 2.24) is 9.78 Å². The first-order chi connectivity index (χ1) is 9.22. The molecule has 0 aliphatic heterocycles. The van der Waals surface area contributed by atoms with Gasteiger partial charge < -0.3 is 10.2 Å².